The van der Waals surface area contributed by atoms with E-state index in [0.717, 1.165) is 12.8 Å². The first kappa shape index (κ1) is 10.9. The van der Waals surface area contributed by atoms with E-state index in [1.54, 1.807) is 0 Å². The lowest BCUT2D eigenvalue weighted by Crippen LogP contribution is -1.97. The van der Waals surface area contributed by atoms with Crippen LogP contribution in [0.2, 0.25) is 0 Å². The lowest BCUT2D eigenvalue weighted by atomic mass is 10.1. The molecule has 68 valence electrons. The summed E-state index contributed by atoms with van der Waals surface area (Å²) in [5, 5.41) is 0. The molecule has 0 fully saturated rings. The van der Waals surface area contributed by atoms with Crippen LogP contribution in [-0.4, -0.2) is 20.1 Å². The van der Waals surface area contributed by atoms with Crippen molar-refractivity contribution in [1.82, 2.24) is 0 Å². The van der Waals surface area contributed by atoms with Crippen LogP contribution >= 0.6 is 0 Å². The fraction of sp³-hybridized carbons (Fsp3) is 0.444. The number of carbonyl (C=O) groups is 1. The van der Waals surface area contributed by atoms with Gasteiger partial charge in [-0.25, -0.2) is 0 Å². The summed E-state index contributed by atoms with van der Waals surface area (Å²) >= 11 is 0. The SMILES string of the molecule is CN.O=COCC1=CC=CCC1. The Balaban J connectivity index is 0.000000561. The molecule has 1 aliphatic carbocycles. The van der Waals surface area contributed by atoms with Gasteiger partial charge in [0.1, 0.15) is 6.61 Å². The first-order valence-corrected chi connectivity index (χ1v) is 3.91. The van der Waals surface area contributed by atoms with Gasteiger partial charge in [-0.15, -0.1) is 0 Å². The van der Waals surface area contributed by atoms with Crippen LogP contribution in [0, 0.1) is 0 Å². The third-order valence-corrected chi connectivity index (χ3v) is 1.44. The lowest BCUT2D eigenvalue weighted by Gasteiger charge is -2.05. The van der Waals surface area contributed by atoms with Crippen LogP contribution < -0.4 is 5.73 Å². The molecule has 3 nitrogen and oxygen atoms in total. The first-order valence-electron chi connectivity index (χ1n) is 3.91. The van der Waals surface area contributed by atoms with Gasteiger partial charge in [0, 0.05) is 0 Å². The molecule has 0 aromatic carbocycles. The van der Waals surface area contributed by atoms with E-state index in [4.69, 9.17) is 0 Å². The maximum atomic E-state index is 9.78. The van der Waals surface area contributed by atoms with Crippen molar-refractivity contribution < 1.29 is 9.53 Å². The number of hydrogen-bond donors (Lipinski definition) is 1. The normalized spacial score (nSPS) is 14.0. The van der Waals surface area contributed by atoms with Gasteiger partial charge in [-0.2, -0.15) is 0 Å². The fourth-order valence-corrected chi connectivity index (χ4v) is 0.914. The summed E-state index contributed by atoms with van der Waals surface area (Å²) < 4.78 is 4.59. The molecular weight excluding hydrogens is 154 g/mol. The molecule has 0 saturated heterocycles. The van der Waals surface area contributed by atoms with E-state index >= 15 is 0 Å². The summed E-state index contributed by atoms with van der Waals surface area (Å²) in [6, 6.07) is 0. The largest absolute Gasteiger partial charge is 0.463 e. The second-order valence-electron chi connectivity index (χ2n) is 2.20. The maximum absolute atomic E-state index is 9.78. The molecule has 3 heteroatoms. The summed E-state index contributed by atoms with van der Waals surface area (Å²) in [5.74, 6) is 0. The third-order valence-electron chi connectivity index (χ3n) is 1.44. The molecule has 0 aromatic rings. The van der Waals surface area contributed by atoms with Crippen LogP contribution in [0.1, 0.15) is 12.8 Å². The Labute approximate surface area is 72.9 Å². The van der Waals surface area contributed by atoms with E-state index in [-0.39, 0.29) is 0 Å². The van der Waals surface area contributed by atoms with Crippen molar-refractivity contribution in [1.29, 1.82) is 0 Å². The Kier molecular flexibility index (Phi) is 7.28. The molecule has 0 atom stereocenters. The number of nitrogens with two attached hydrogens (primary N) is 1. The predicted molar refractivity (Wildman–Crippen MR) is 48.6 cm³/mol. The van der Waals surface area contributed by atoms with Crippen molar-refractivity contribution in [2.24, 2.45) is 5.73 Å². The Morgan fingerprint density at radius 1 is 1.67 bits per heavy atom. The molecule has 0 aliphatic heterocycles. The smallest absolute Gasteiger partial charge is 0.293 e. The monoisotopic (exact) mass is 169 g/mol. The molecule has 0 unspecified atom stereocenters. The van der Waals surface area contributed by atoms with Gasteiger partial charge in [-0.3, -0.25) is 4.79 Å². The molecule has 2 N–H and O–H groups in total. The van der Waals surface area contributed by atoms with Crippen molar-refractivity contribution >= 4 is 6.47 Å². The highest BCUT2D eigenvalue weighted by Crippen LogP contribution is 2.10. The highest BCUT2D eigenvalue weighted by Gasteiger charge is 1.97. The number of carbonyl (C=O) groups excluding carboxylic acids is 1. The van der Waals surface area contributed by atoms with Crippen LogP contribution in [0.3, 0.4) is 0 Å². The fourth-order valence-electron chi connectivity index (χ4n) is 0.914. The minimum Gasteiger partial charge on any atom is -0.463 e. The number of allylic oxidation sites excluding steroid dienone is 3. The molecule has 0 bridgehead atoms. The van der Waals surface area contributed by atoms with E-state index < -0.39 is 0 Å². The minimum atomic E-state index is 0.452. The predicted octanol–water partition coefficient (Wildman–Crippen LogP) is 1.01. The van der Waals surface area contributed by atoms with Gasteiger partial charge in [0.05, 0.1) is 0 Å². The molecule has 0 saturated carbocycles. The number of ether oxygens (including phenoxy) is 1. The van der Waals surface area contributed by atoms with Gasteiger partial charge in [0.15, 0.2) is 0 Å². The van der Waals surface area contributed by atoms with Crippen LogP contribution in [0.25, 0.3) is 0 Å². The summed E-state index contributed by atoms with van der Waals surface area (Å²) in [5.41, 5.74) is 5.69. The van der Waals surface area contributed by atoms with Crippen molar-refractivity contribution in [2.75, 3.05) is 13.7 Å². The molecule has 0 aromatic heterocycles. The molecule has 12 heavy (non-hydrogen) atoms. The second kappa shape index (κ2) is 8.01. The van der Waals surface area contributed by atoms with Gasteiger partial charge in [0.25, 0.3) is 6.47 Å². The molecular formula is C9H15NO2. The minimum absolute atomic E-state index is 0.452. The van der Waals surface area contributed by atoms with Gasteiger partial charge >= 0.3 is 0 Å². The third kappa shape index (κ3) is 4.68. The summed E-state index contributed by atoms with van der Waals surface area (Å²) in [6.45, 7) is 0.937. The van der Waals surface area contributed by atoms with Crippen LogP contribution in [-0.2, 0) is 9.53 Å². The van der Waals surface area contributed by atoms with E-state index in [9.17, 15) is 4.79 Å². The average Bonchev–Trinajstić information content (AvgIpc) is 2.19. The highest BCUT2D eigenvalue weighted by molar-refractivity contribution is 5.38. The number of hydrogen-bond acceptors (Lipinski definition) is 3. The van der Waals surface area contributed by atoms with Crippen molar-refractivity contribution in [2.45, 2.75) is 12.8 Å². The number of rotatable bonds is 3. The van der Waals surface area contributed by atoms with Crippen molar-refractivity contribution in [3.8, 4) is 0 Å². The van der Waals surface area contributed by atoms with Crippen LogP contribution in [0.15, 0.2) is 23.8 Å². The summed E-state index contributed by atoms with van der Waals surface area (Å²) in [6.07, 6.45) is 8.17. The molecule has 1 rings (SSSR count). The summed E-state index contributed by atoms with van der Waals surface area (Å²) in [7, 11) is 1.50. The molecule has 0 heterocycles. The molecule has 0 spiro atoms. The van der Waals surface area contributed by atoms with Crippen molar-refractivity contribution in [3.05, 3.63) is 23.8 Å². The zero-order valence-corrected chi connectivity index (χ0v) is 7.32. The Morgan fingerprint density at radius 3 is 2.92 bits per heavy atom. The van der Waals surface area contributed by atoms with E-state index in [1.165, 1.54) is 12.6 Å². The first-order chi connectivity index (χ1) is 5.93. The quantitative estimate of drug-likeness (QED) is 0.641. The van der Waals surface area contributed by atoms with E-state index in [1.807, 2.05) is 12.2 Å². The van der Waals surface area contributed by atoms with E-state index in [2.05, 4.69) is 16.5 Å². The standard InChI is InChI=1S/C8H10O2.CH5N/c9-7-10-6-8-4-2-1-3-5-8;1-2/h1-2,4,7H,3,5-6H2;2H2,1H3. The van der Waals surface area contributed by atoms with Crippen molar-refractivity contribution in [3.63, 3.8) is 0 Å². The van der Waals surface area contributed by atoms with Crippen LogP contribution in [0.4, 0.5) is 0 Å². The zero-order valence-electron chi connectivity index (χ0n) is 7.32. The lowest BCUT2D eigenvalue weighted by molar-refractivity contribution is -0.127. The van der Waals surface area contributed by atoms with E-state index in [0.29, 0.717) is 13.1 Å². The Bertz CT molecular complexity index is 173. The average molecular weight is 169 g/mol. The summed E-state index contributed by atoms with van der Waals surface area (Å²) in [4.78, 5) is 9.78. The molecule has 0 radical (unpaired) electrons. The second-order valence-corrected chi connectivity index (χ2v) is 2.20. The highest BCUT2D eigenvalue weighted by atomic mass is 16.5. The zero-order chi connectivity index (χ0) is 9.23. The van der Waals surface area contributed by atoms with Gasteiger partial charge in [-0.05, 0) is 25.5 Å². The Morgan fingerprint density at radius 2 is 2.42 bits per heavy atom. The molecule has 0 amide bonds. The molecule has 1 aliphatic rings. The van der Waals surface area contributed by atoms with Crippen LogP contribution in [0.5, 0.6) is 0 Å². The van der Waals surface area contributed by atoms with Gasteiger partial charge in [-0.1, -0.05) is 18.2 Å². The van der Waals surface area contributed by atoms with Gasteiger partial charge < -0.3 is 10.5 Å². The topological polar surface area (TPSA) is 52.3 Å². The Hall–Kier alpha value is -1.09. The van der Waals surface area contributed by atoms with Gasteiger partial charge in [0.2, 0.25) is 0 Å². The maximum Gasteiger partial charge on any atom is 0.293 e.